The van der Waals surface area contributed by atoms with E-state index in [1.54, 1.807) is 37.7 Å². The van der Waals surface area contributed by atoms with Crippen molar-refractivity contribution in [1.29, 1.82) is 0 Å². The number of cyclic esters (lactones) is 1. The number of amides is 1. The highest BCUT2D eigenvalue weighted by Crippen LogP contribution is 2.40. The number of aliphatic hydroxyl groups is 1. The van der Waals surface area contributed by atoms with Crippen LogP contribution in [0.2, 0.25) is 0 Å². The van der Waals surface area contributed by atoms with E-state index in [1.807, 2.05) is 57.5 Å². The highest BCUT2D eigenvalue weighted by molar-refractivity contribution is 6.00. The fourth-order valence-corrected chi connectivity index (χ4v) is 8.40. The van der Waals surface area contributed by atoms with E-state index < -0.39 is 77.6 Å². The lowest BCUT2D eigenvalue weighted by Crippen LogP contribution is -2.62. The minimum Gasteiger partial charge on any atom is -0.458 e. The first-order chi connectivity index (χ1) is 25.1. The summed E-state index contributed by atoms with van der Waals surface area (Å²) >= 11 is 0. The molecule has 5 rings (SSSR count). The molecule has 12 atom stereocenters. The second-order valence-corrected chi connectivity index (χ2v) is 15.4. The van der Waals surface area contributed by atoms with E-state index in [9.17, 15) is 19.5 Å². The number of imidazole rings is 1. The van der Waals surface area contributed by atoms with Gasteiger partial charge in [-0.25, -0.2) is 9.78 Å². The average molecular weight is 743 g/mol. The zero-order valence-corrected chi connectivity index (χ0v) is 32.3. The molecule has 5 heterocycles. The number of pyridine rings is 1. The number of nitrogens with zero attached hydrogens (tertiary/aromatic N) is 4. The third-order valence-electron chi connectivity index (χ3n) is 11.3. The summed E-state index contributed by atoms with van der Waals surface area (Å²) in [5, 5.41) is 14.4. The number of ether oxygens (including phenoxy) is 5. The number of hydrogen-bond donors (Lipinski definition) is 3. The molecule has 1 amide bonds. The van der Waals surface area contributed by atoms with Crippen molar-refractivity contribution in [3.8, 4) is 11.3 Å². The number of unbranched alkanes of at least 4 members (excludes halogenated alkanes) is 1. The number of aliphatic hydroxyl groups excluding tert-OH is 1. The number of Topliss-reactive ketones (excluding diaryl/α,β-unsaturated/α-hetero) is 1. The Kier molecular flexibility index (Phi) is 13.0. The Hall–Kier alpha value is -3.47. The number of ketones is 1. The van der Waals surface area contributed by atoms with Crippen LogP contribution >= 0.6 is 0 Å². The van der Waals surface area contributed by atoms with Gasteiger partial charge in [0.25, 0.3) is 0 Å². The number of carbonyl (C=O) groups is 3. The summed E-state index contributed by atoms with van der Waals surface area (Å²) in [4.78, 5) is 52.0. The molecule has 0 saturated carbocycles. The first kappa shape index (κ1) is 40.7. The molecule has 0 bridgehead atoms. The summed E-state index contributed by atoms with van der Waals surface area (Å²) in [5.41, 5.74) is 5.47. The number of nitrogens with one attached hydrogen (secondary N) is 1. The molecule has 0 spiro atoms. The Morgan fingerprint density at radius 1 is 1.13 bits per heavy atom. The zero-order valence-electron chi connectivity index (χ0n) is 32.3. The van der Waals surface area contributed by atoms with Crippen molar-refractivity contribution in [2.24, 2.45) is 17.6 Å². The number of hydrogen-bond acceptors (Lipinski definition) is 13. The van der Waals surface area contributed by atoms with Crippen molar-refractivity contribution in [2.45, 2.75) is 141 Å². The van der Waals surface area contributed by atoms with Gasteiger partial charge in [-0.3, -0.25) is 19.5 Å². The van der Waals surface area contributed by atoms with Crippen molar-refractivity contribution in [3.63, 3.8) is 0 Å². The lowest BCUT2D eigenvalue weighted by atomic mass is 9.79. The lowest BCUT2D eigenvalue weighted by Gasteiger charge is -2.45. The van der Waals surface area contributed by atoms with E-state index in [1.165, 1.54) is 6.92 Å². The number of fused-ring (bicyclic) bond motifs is 1. The summed E-state index contributed by atoms with van der Waals surface area (Å²) in [6, 6.07) is 2.11. The van der Waals surface area contributed by atoms with E-state index in [-0.39, 0.29) is 18.7 Å². The summed E-state index contributed by atoms with van der Waals surface area (Å²) in [6.45, 7) is 13.9. The summed E-state index contributed by atoms with van der Waals surface area (Å²) in [5.74, 6) is -3.18. The second kappa shape index (κ2) is 16.9. The number of aryl methyl sites for hydroxylation is 1. The van der Waals surface area contributed by atoms with Gasteiger partial charge in [0.05, 0.1) is 42.4 Å². The highest BCUT2D eigenvalue weighted by atomic mass is 16.7. The van der Waals surface area contributed by atoms with Gasteiger partial charge >= 0.3 is 12.1 Å². The molecule has 294 valence electrons. The molecular weight excluding hydrogens is 684 g/mol. The molecule has 0 aromatic carbocycles. The van der Waals surface area contributed by atoms with Gasteiger partial charge in [0, 0.05) is 62.4 Å². The molecule has 15 nitrogen and oxygen atoms in total. The van der Waals surface area contributed by atoms with Gasteiger partial charge in [-0.15, -0.1) is 0 Å². The topological polar surface area (TPSA) is 190 Å². The molecule has 2 aromatic heterocycles. The van der Waals surface area contributed by atoms with E-state index in [4.69, 9.17) is 29.4 Å². The highest BCUT2D eigenvalue weighted by Gasteiger charge is 2.59. The van der Waals surface area contributed by atoms with Crippen molar-refractivity contribution >= 4 is 17.8 Å². The summed E-state index contributed by atoms with van der Waals surface area (Å²) < 4.78 is 32.4. The van der Waals surface area contributed by atoms with Crippen molar-refractivity contribution < 1.29 is 43.2 Å². The summed E-state index contributed by atoms with van der Waals surface area (Å²) in [7, 11) is 1.54. The lowest BCUT2D eigenvalue weighted by molar-refractivity contribution is -0.237. The fourth-order valence-electron chi connectivity index (χ4n) is 8.40. The van der Waals surface area contributed by atoms with Gasteiger partial charge in [-0.05, 0) is 72.4 Å². The molecule has 0 radical (unpaired) electrons. The zero-order chi connectivity index (χ0) is 38.7. The van der Waals surface area contributed by atoms with E-state index in [2.05, 4.69) is 15.3 Å². The predicted octanol–water partition coefficient (Wildman–Crippen LogP) is 3.07. The number of nitrogens with two attached hydrogens (primary N) is 1. The van der Waals surface area contributed by atoms with Crippen LogP contribution in [-0.4, -0.2) is 123 Å². The van der Waals surface area contributed by atoms with Gasteiger partial charge in [-0.1, -0.05) is 13.8 Å². The van der Waals surface area contributed by atoms with Gasteiger partial charge in [0.1, 0.15) is 18.1 Å². The normalized spacial score (nSPS) is 37.2. The van der Waals surface area contributed by atoms with Crippen LogP contribution in [0.1, 0.15) is 74.1 Å². The van der Waals surface area contributed by atoms with Crippen LogP contribution < -0.4 is 11.1 Å². The molecular formula is C38H58N6O9. The predicted molar refractivity (Wildman–Crippen MR) is 194 cm³/mol. The molecule has 1 unspecified atom stereocenters. The number of esters is 1. The minimum absolute atomic E-state index is 0.0926. The largest absolute Gasteiger partial charge is 0.458 e. The molecule has 3 fully saturated rings. The quantitative estimate of drug-likeness (QED) is 0.183. The van der Waals surface area contributed by atoms with Gasteiger partial charge in [-0.2, -0.15) is 0 Å². The van der Waals surface area contributed by atoms with Crippen LogP contribution in [0.4, 0.5) is 4.79 Å². The Morgan fingerprint density at radius 2 is 1.87 bits per heavy atom. The monoisotopic (exact) mass is 742 g/mol. The molecule has 2 aromatic rings. The molecule has 4 N–H and O–H groups in total. The first-order valence-corrected chi connectivity index (χ1v) is 18.8. The number of aromatic nitrogens is 3. The Morgan fingerprint density at radius 3 is 2.51 bits per heavy atom. The molecule has 15 heteroatoms. The van der Waals surface area contributed by atoms with Crippen LogP contribution in [0.3, 0.4) is 0 Å². The van der Waals surface area contributed by atoms with Crippen molar-refractivity contribution in [1.82, 2.24) is 24.8 Å². The van der Waals surface area contributed by atoms with E-state index in [0.29, 0.717) is 32.4 Å². The third-order valence-corrected chi connectivity index (χ3v) is 11.3. The van der Waals surface area contributed by atoms with E-state index in [0.717, 1.165) is 17.7 Å². The molecule has 53 heavy (non-hydrogen) atoms. The maximum Gasteiger partial charge on any atom is 0.410 e. The molecule has 0 aliphatic carbocycles. The minimum atomic E-state index is -1.22. The third kappa shape index (κ3) is 8.60. The number of methoxy groups -OCH3 is 1. The van der Waals surface area contributed by atoms with Crippen LogP contribution in [0.5, 0.6) is 0 Å². The molecule has 3 aliphatic rings. The van der Waals surface area contributed by atoms with Crippen LogP contribution in [-0.2, 0) is 39.8 Å². The fraction of sp³-hybridized carbons (Fsp3) is 0.711. The van der Waals surface area contributed by atoms with Crippen LogP contribution in [0.25, 0.3) is 11.3 Å². The van der Waals surface area contributed by atoms with Gasteiger partial charge < -0.3 is 44.4 Å². The molecule has 3 saturated heterocycles. The number of carbonyl (C=O) groups excluding carboxylic acids is 3. The first-order valence-electron chi connectivity index (χ1n) is 18.8. The SMILES string of the molecule is CC[C@H]1OC(=O)[C@H](C)C(=O)[C@H](C)[C@@H](O[C@@H]2OC[C@H](N)C2O)[C@@](C)(OC)C[C@@H](C)N[C@H](C)[C@H]2N(CCCCn3cnc(-c4cccnc4)c3)C(=O)O[C@]12C. The number of rotatable bonds is 10. The average Bonchev–Trinajstić information content (AvgIpc) is 3.81. The molecule has 3 aliphatic heterocycles. The van der Waals surface area contributed by atoms with Gasteiger partial charge in [0.2, 0.25) is 0 Å². The standard InChI is InChI=1S/C38H58N6O9/c1-9-29-38(7)32(44(36(48)53-38)16-11-10-15-43-19-28(41-21-43)26-13-12-14-40-18-26)25(5)42-22(2)17-37(6,49-8)33(52-35-31(46)27(39)20-50-35)23(3)30(45)24(4)34(47)51-29/h12-14,18-19,21-25,27,29,31-33,35,42,46H,9-11,15-17,20,39H2,1-8H3/t22-,23+,24-,25-,27+,29-,31?,32-,33-,35+,37+,38-/m1/s1. The Balaban J connectivity index is 1.38. The second-order valence-electron chi connectivity index (χ2n) is 15.4. The van der Waals surface area contributed by atoms with Gasteiger partial charge in [0.15, 0.2) is 17.7 Å². The van der Waals surface area contributed by atoms with Crippen LogP contribution in [0, 0.1) is 11.8 Å². The maximum atomic E-state index is 14.0. The van der Waals surface area contributed by atoms with E-state index >= 15 is 0 Å². The van der Waals surface area contributed by atoms with Crippen LogP contribution in [0.15, 0.2) is 37.1 Å². The van der Waals surface area contributed by atoms with Crippen molar-refractivity contribution in [2.75, 3.05) is 20.3 Å². The smallest absolute Gasteiger partial charge is 0.410 e. The summed E-state index contributed by atoms with van der Waals surface area (Å²) in [6.07, 6.45) is 5.01. The maximum absolute atomic E-state index is 14.0. The Bertz CT molecular complexity index is 1560. The van der Waals surface area contributed by atoms with Crippen molar-refractivity contribution in [3.05, 3.63) is 37.1 Å². The Labute approximate surface area is 312 Å².